The number of hydrogen-bond acceptors (Lipinski definition) is 8. The number of phenolic OH excluding ortho intramolecular Hbond substituents is 1. The van der Waals surface area contributed by atoms with Gasteiger partial charge in [-0.2, -0.15) is 0 Å². The van der Waals surface area contributed by atoms with Crippen molar-refractivity contribution >= 4 is 23.5 Å². The van der Waals surface area contributed by atoms with Gasteiger partial charge in [-0.15, -0.1) is 0 Å². The number of esters is 1. The van der Waals surface area contributed by atoms with Crippen LogP contribution in [0.1, 0.15) is 38.3 Å². The second kappa shape index (κ2) is 8.88. The summed E-state index contributed by atoms with van der Waals surface area (Å²) in [6.07, 6.45) is 0.929. The first-order valence-electron chi connectivity index (χ1n) is 11.9. The molecule has 0 saturated carbocycles. The molecule has 2 fully saturated rings. The molecule has 2 aromatic rings. The molecule has 9 nitrogen and oxygen atoms in total. The number of nitrogens with zero attached hydrogens (tertiary/aromatic N) is 1. The van der Waals surface area contributed by atoms with Gasteiger partial charge in [-0.1, -0.05) is 25.5 Å². The molecule has 2 saturated heterocycles. The van der Waals surface area contributed by atoms with Gasteiger partial charge in [-0.3, -0.25) is 19.7 Å². The van der Waals surface area contributed by atoms with Crippen molar-refractivity contribution < 1.29 is 33.7 Å². The smallest absolute Gasteiger partial charge is 0.327 e. The molecule has 3 aliphatic heterocycles. The fourth-order valence-corrected chi connectivity index (χ4v) is 5.57. The van der Waals surface area contributed by atoms with Crippen LogP contribution in [-0.2, 0) is 19.1 Å². The Morgan fingerprint density at radius 1 is 1.09 bits per heavy atom. The van der Waals surface area contributed by atoms with Crippen LogP contribution in [0.4, 0.5) is 5.69 Å². The summed E-state index contributed by atoms with van der Waals surface area (Å²) in [5, 5.41) is 13.1. The van der Waals surface area contributed by atoms with Crippen molar-refractivity contribution in [2.45, 2.75) is 38.3 Å². The van der Waals surface area contributed by atoms with E-state index >= 15 is 0 Å². The van der Waals surface area contributed by atoms with E-state index in [9.17, 15) is 19.5 Å². The van der Waals surface area contributed by atoms with Crippen molar-refractivity contribution in [3.8, 4) is 17.2 Å². The number of fused-ring (bicyclic) bond motifs is 2. The van der Waals surface area contributed by atoms with Crippen LogP contribution in [0, 0.1) is 11.8 Å². The number of ether oxygens (including phenoxy) is 3. The molecular formula is C26H28N2O7. The van der Waals surface area contributed by atoms with Gasteiger partial charge in [0.2, 0.25) is 11.8 Å². The fourth-order valence-electron chi connectivity index (χ4n) is 5.57. The minimum absolute atomic E-state index is 0.0836. The van der Waals surface area contributed by atoms with Crippen LogP contribution in [0.5, 0.6) is 17.2 Å². The Hall–Kier alpha value is -3.59. The summed E-state index contributed by atoms with van der Waals surface area (Å²) in [5.41, 5.74) is -0.282. The van der Waals surface area contributed by atoms with Crippen molar-refractivity contribution in [3.05, 3.63) is 48.0 Å². The highest BCUT2D eigenvalue weighted by Gasteiger charge is 2.68. The Bertz CT molecular complexity index is 1160. The van der Waals surface area contributed by atoms with E-state index in [0.717, 1.165) is 4.90 Å². The molecule has 35 heavy (non-hydrogen) atoms. The summed E-state index contributed by atoms with van der Waals surface area (Å²) >= 11 is 0. The van der Waals surface area contributed by atoms with Gasteiger partial charge in [-0.25, -0.2) is 4.90 Å². The molecule has 2 aromatic carbocycles. The number of phenols is 1. The quantitative estimate of drug-likeness (QED) is 0.479. The van der Waals surface area contributed by atoms with E-state index in [2.05, 4.69) is 5.32 Å². The Labute approximate surface area is 203 Å². The minimum Gasteiger partial charge on any atom is -0.508 e. The third-order valence-electron chi connectivity index (χ3n) is 6.97. The van der Waals surface area contributed by atoms with Crippen LogP contribution in [0.15, 0.2) is 42.5 Å². The summed E-state index contributed by atoms with van der Waals surface area (Å²) in [4.78, 5) is 42.4. The molecular weight excluding hydrogens is 452 g/mol. The number of nitrogens with one attached hydrogen (secondary N) is 1. The zero-order valence-corrected chi connectivity index (χ0v) is 19.7. The maximum absolute atomic E-state index is 13.9. The molecule has 3 aliphatic rings. The SMILES string of the molecule is CCC[C@@]1(C(=O)OCC)N[C@@H](c2ccc(O)cc2)[C@H]2C(=O)N(c3ccc4c(c3)OCCO4)C(=O)[C@@H]21. The van der Waals surface area contributed by atoms with Crippen LogP contribution < -0.4 is 19.7 Å². The van der Waals surface area contributed by atoms with Gasteiger partial charge in [0.1, 0.15) is 24.5 Å². The number of imide groups is 1. The fraction of sp³-hybridized carbons (Fsp3) is 0.423. The number of anilines is 1. The first-order chi connectivity index (χ1) is 16.9. The van der Waals surface area contributed by atoms with Crippen LogP contribution in [0.3, 0.4) is 0 Å². The molecule has 0 spiro atoms. The topological polar surface area (TPSA) is 114 Å². The highest BCUT2D eigenvalue weighted by atomic mass is 16.6. The average Bonchev–Trinajstić information content (AvgIpc) is 3.34. The van der Waals surface area contributed by atoms with E-state index in [4.69, 9.17) is 14.2 Å². The summed E-state index contributed by atoms with van der Waals surface area (Å²) in [7, 11) is 0. The maximum atomic E-state index is 13.9. The minimum atomic E-state index is -1.35. The predicted molar refractivity (Wildman–Crippen MR) is 125 cm³/mol. The molecule has 184 valence electrons. The van der Waals surface area contributed by atoms with Crippen LogP contribution in [0.2, 0.25) is 0 Å². The predicted octanol–water partition coefficient (Wildman–Crippen LogP) is 2.72. The molecule has 0 radical (unpaired) electrons. The summed E-state index contributed by atoms with van der Waals surface area (Å²) in [5.74, 6) is -2.06. The second-order valence-corrected chi connectivity index (χ2v) is 9.00. The maximum Gasteiger partial charge on any atom is 0.327 e. The van der Waals surface area contributed by atoms with Gasteiger partial charge in [0.05, 0.1) is 24.1 Å². The van der Waals surface area contributed by atoms with Crippen molar-refractivity contribution in [1.82, 2.24) is 5.32 Å². The standard InChI is InChI=1S/C26H28N2O7/c1-3-11-26(25(32)33-4-2)21-20(22(27-26)15-5-8-17(29)9-6-15)23(30)28(24(21)31)16-7-10-18-19(14-16)35-13-12-34-18/h5-10,14,20-22,27,29H,3-4,11-13H2,1-2H3/t20-,21+,22-,26+/m0/s1. The Kier molecular flexibility index (Phi) is 5.88. The van der Waals surface area contributed by atoms with Gasteiger partial charge in [0.15, 0.2) is 11.5 Å². The van der Waals surface area contributed by atoms with Crippen molar-refractivity contribution in [1.29, 1.82) is 0 Å². The number of rotatable bonds is 6. The highest BCUT2D eigenvalue weighted by molar-refractivity contribution is 6.24. The largest absolute Gasteiger partial charge is 0.508 e. The van der Waals surface area contributed by atoms with Gasteiger partial charge < -0.3 is 19.3 Å². The van der Waals surface area contributed by atoms with Crippen LogP contribution in [0.25, 0.3) is 0 Å². The molecule has 0 aromatic heterocycles. The molecule has 2 N–H and O–H groups in total. The number of amides is 2. The lowest BCUT2D eigenvalue weighted by Gasteiger charge is -2.32. The first-order valence-corrected chi connectivity index (χ1v) is 11.9. The lowest BCUT2D eigenvalue weighted by atomic mass is 9.77. The summed E-state index contributed by atoms with van der Waals surface area (Å²) < 4.78 is 16.7. The molecule has 0 unspecified atom stereocenters. The molecule has 2 amide bonds. The molecule has 9 heteroatoms. The van der Waals surface area contributed by atoms with Gasteiger partial charge in [-0.05, 0) is 43.2 Å². The zero-order chi connectivity index (χ0) is 24.7. The van der Waals surface area contributed by atoms with E-state index in [1.807, 2.05) is 6.92 Å². The van der Waals surface area contributed by atoms with E-state index in [-0.39, 0.29) is 12.4 Å². The van der Waals surface area contributed by atoms with Crippen LogP contribution >= 0.6 is 0 Å². The number of aromatic hydroxyl groups is 1. The van der Waals surface area contributed by atoms with Crippen LogP contribution in [-0.4, -0.2) is 48.2 Å². The zero-order valence-electron chi connectivity index (χ0n) is 19.7. The lowest BCUT2D eigenvalue weighted by molar-refractivity contribution is -0.155. The van der Waals surface area contributed by atoms with E-state index in [1.54, 1.807) is 37.3 Å². The highest BCUT2D eigenvalue weighted by Crippen LogP contribution is 2.52. The second-order valence-electron chi connectivity index (χ2n) is 9.00. The molecule has 5 rings (SSSR count). The Morgan fingerprint density at radius 2 is 1.80 bits per heavy atom. The third kappa shape index (κ3) is 3.61. The number of benzene rings is 2. The van der Waals surface area contributed by atoms with Gasteiger partial charge >= 0.3 is 5.97 Å². The molecule has 0 bridgehead atoms. The average molecular weight is 481 g/mol. The third-order valence-corrected chi connectivity index (χ3v) is 6.97. The van der Waals surface area contributed by atoms with Gasteiger partial charge in [0.25, 0.3) is 0 Å². The Balaban J connectivity index is 1.61. The van der Waals surface area contributed by atoms with Crippen molar-refractivity contribution in [3.63, 3.8) is 0 Å². The Morgan fingerprint density at radius 3 is 2.49 bits per heavy atom. The van der Waals surface area contributed by atoms with Gasteiger partial charge in [0, 0.05) is 12.1 Å². The number of carbonyl (C=O) groups excluding carboxylic acids is 3. The molecule has 0 aliphatic carbocycles. The van der Waals surface area contributed by atoms with E-state index in [1.165, 1.54) is 12.1 Å². The lowest BCUT2D eigenvalue weighted by Crippen LogP contribution is -2.56. The summed E-state index contributed by atoms with van der Waals surface area (Å²) in [6, 6.07) is 10.8. The van der Waals surface area contributed by atoms with Crippen molar-refractivity contribution in [2.75, 3.05) is 24.7 Å². The normalized spacial score (nSPS) is 27.1. The number of hydrogen-bond donors (Lipinski definition) is 2. The summed E-state index contributed by atoms with van der Waals surface area (Å²) in [6.45, 7) is 4.59. The first kappa shape index (κ1) is 23.2. The van der Waals surface area contributed by atoms with E-state index in [0.29, 0.717) is 48.8 Å². The van der Waals surface area contributed by atoms with E-state index < -0.39 is 41.2 Å². The molecule has 3 heterocycles. The monoisotopic (exact) mass is 480 g/mol. The van der Waals surface area contributed by atoms with Crippen molar-refractivity contribution in [2.24, 2.45) is 11.8 Å². The number of carbonyl (C=O) groups is 3. The molecule has 4 atom stereocenters.